The number of hydrogen-bond acceptors (Lipinski definition) is 2. The van der Waals surface area contributed by atoms with E-state index in [2.05, 4.69) is 17.1 Å². The average Bonchev–Trinajstić information content (AvgIpc) is 3.22. The van der Waals surface area contributed by atoms with Crippen molar-refractivity contribution < 1.29 is 9.59 Å². The molecule has 4 rings (SSSR count). The van der Waals surface area contributed by atoms with E-state index < -0.39 is 0 Å². The monoisotopic (exact) mass is 403 g/mol. The zero-order chi connectivity index (χ0) is 21.3. The lowest BCUT2D eigenvalue weighted by molar-refractivity contribution is -0.136. The summed E-state index contributed by atoms with van der Waals surface area (Å²) in [6.07, 6.45) is 3.61. The molecule has 1 aromatic heterocycles. The molecule has 30 heavy (non-hydrogen) atoms. The number of carbonyl (C=O) groups is 2. The molecule has 0 aliphatic carbocycles. The van der Waals surface area contributed by atoms with E-state index in [0.29, 0.717) is 25.2 Å². The molecule has 0 saturated carbocycles. The topological polar surface area (TPSA) is 56.4 Å². The maximum atomic E-state index is 13.2. The Morgan fingerprint density at radius 1 is 1.13 bits per heavy atom. The Balaban J connectivity index is 1.45. The van der Waals surface area contributed by atoms with E-state index in [1.165, 1.54) is 0 Å². The van der Waals surface area contributed by atoms with Gasteiger partial charge in [0.25, 0.3) is 5.91 Å². The Morgan fingerprint density at radius 2 is 1.90 bits per heavy atom. The zero-order valence-electron chi connectivity index (χ0n) is 17.9. The summed E-state index contributed by atoms with van der Waals surface area (Å²) in [5.41, 5.74) is 5.09. The summed E-state index contributed by atoms with van der Waals surface area (Å²) in [4.78, 5) is 33.1. The van der Waals surface area contributed by atoms with Gasteiger partial charge in [0.2, 0.25) is 5.91 Å². The van der Waals surface area contributed by atoms with Crippen molar-refractivity contribution >= 4 is 22.7 Å². The molecule has 5 heteroatoms. The van der Waals surface area contributed by atoms with Crippen LogP contribution >= 0.6 is 0 Å². The van der Waals surface area contributed by atoms with E-state index in [0.717, 1.165) is 40.4 Å². The fraction of sp³-hybridized carbons (Fsp3) is 0.360. The third-order valence-corrected chi connectivity index (χ3v) is 6.00. The van der Waals surface area contributed by atoms with Crippen molar-refractivity contribution in [2.45, 2.75) is 33.2 Å². The van der Waals surface area contributed by atoms with Crippen molar-refractivity contribution in [1.29, 1.82) is 0 Å². The summed E-state index contributed by atoms with van der Waals surface area (Å²) in [5, 5.41) is 1.15. The van der Waals surface area contributed by atoms with Gasteiger partial charge in [0.1, 0.15) is 0 Å². The van der Waals surface area contributed by atoms with Gasteiger partial charge in [0.05, 0.1) is 5.92 Å². The van der Waals surface area contributed by atoms with E-state index in [1.807, 2.05) is 62.3 Å². The molecule has 1 saturated heterocycles. The first kappa shape index (κ1) is 20.2. The number of benzene rings is 2. The van der Waals surface area contributed by atoms with Crippen molar-refractivity contribution in [3.05, 3.63) is 70.9 Å². The van der Waals surface area contributed by atoms with Crippen molar-refractivity contribution in [2.24, 2.45) is 5.92 Å². The molecule has 1 aliphatic heterocycles. The lowest BCUT2D eigenvalue weighted by atomic mass is 9.95. The molecule has 1 aliphatic rings. The molecule has 2 amide bonds. The molecule has 1 fully saturated rings. The Labute approximate surface area is 177 Å². The molecule has 0 radical (unpaired) electrons. The highest BCUT2D eigenvalue weighted by molar-refractivity contribution is 5.95. The van der Waals surface area contributed by atoms with Crippen molar-refractivity contribution in [1.82, 2.24) is 14.8 Å². The second-order valence-electron chi connectivity index (χ2n) is 8.52. The fourth-order valence-electron chi connectivity index (χ4n) is 4.58. The van der Waals surface area contributed by atoms with Gasteiger partial charge in [0.15, 0.2) is 0 Å². The van der Waals surface area contributed by atoms with Gasteiger partial charge in [0, 0.05) is 49.3 Å². The number of likely N-dealkylation sites (tertiary alicyclic amines) is 1. The van der Waals surface area contributed by atoms with Crippen LogP contribution in [0.3, 0.4) is 0 Å². The fourth-order valence-corrected chi connectivity index (χ4v) is 4.58. The minimum Gasteiger partial charge on any atom is -0.361 e. The molecule has 2 heterocycles. The number of nitrogens with one attached hydrogen (secondary N) is 1. The largest absolute Gasteiger partial charge is 0.361 e. The normalized spacial score (nSPS) is 16.6. The van der Waals surface area contributed by atoms with E-state index in [-0.39, 0.29) is 17.7 Å². The Morgan fingerprint density at radius 3 is 2.67 bits per heavy atom. The molecule has 1 N–H and O–H groups in total. The molecule has 1 atom stereocenters. The molecule has 0 spiro atoms. The third kappa shape index (κ3) is 4.11. The van der Waals surface area contributed by atoms with Crippen LogP contribution in [0.2, 0.25) is 0 Å². The quantitative estimate of drug-likeness (QED) is 0.706. The van der Waals surface area contributed by atoms with Gasteiger partial charge >= 0.3 is 0 Å². The van der Waals surface area contributed by atoms with Gasteiger partial charge in [-0.3, -0.25) is 9.59 Å². The smallest absolute Gasteiger partial charge is 0.253 e. The van der Waals surface area contributed by atoms with Gasteiger partial charge in [-0.1, -0.05) is 29.3 Å². The second-order valence-corrected chi connectivity index (χ2v) is 8.52. The number of aromatic nitrogens is 1. The Kier molecular flexibility index (Phi) is 5.62. The Bertz CT molecular complexity index is 1060. The number of nitrogens with zero attached hydrogens (tertiary/aromatic N) is 2. The minimum atomic E-state index is -0.149. The first-order valence-electron chi connectivity index (χ1n) is 10.6. The van der Waals surface area contributed by atoms with E-state index in [4.69, 9.17) is 0 Å². The first-order chi connectivity index (χ1) is 14.4. The molecule has 5 nitrogen and oxygen atoms in total. The molecular weight excluding hydrogens is 374 g/mol. The van der Waals surface area contributed by atoms with Gasteiger partial charge in [-0.05, 0) is 56.5 Å². The van der Waals surface area contributed by atoms with Crippen molar-refractivity contribution in [3.63, 3.8) is 0 Å². The van der Waals surface area contributed by atoms with Crippen LogP contribution in [0, 0.1) is 19.8 Å². The van der Waals surface area contributed by atoms with E-state index in [1.54, 1.807) is 4.90 Å². The number of H-pyrrole nitrogens is 1. The van der Waals surface area contributed by atoms with Crippen LogP contribution in [-0.4, -0.2) is 46.7 Å². The summed E-state index contributed by atoms with van der Waals surface area (Å²) in [6, 6.07) is 14.1. The summed E-state index contributed by atoms with van der Waals surface area (Å²) in [5.74, 6) is -0.0106. The highest BCUT2D eigenvalue weighted by Gasteiger charge is 2.30. The van der Waals surface area contributed by atoms with Gasteiger partial charge in [-0.2, -0.15) is 0 Å². The molecule has 3 aromatic rings. The number of aromatic amines is 1. The van der Waals surface area contributed by atoms with Gasteiger partial charge < -0.3 is 14.8 Å². The molecule has 2 aromatic carbocycles. The zero-order valence-corrected chi connectivity index (χ0v) is 17.9. The summed E-state index contributed by atoms with van der Waals surface area (Å²) in [6.45, 7) is 5.78. The predicted molar refractivity (Wildman–Crippen MR) is 119 cm³/mol. The maximum Gasteiger partial charge on any atom is 0.253 e. The van der Waals surface area contributed by atoms with Crippen molar-refractivity contribution in [2.75, 3.05) is 20.1 Å². The van der Waals surface area contributed by atoms with Gasteiger partial charge in [-0.25, -0.2) is 0 Å². The van der Waals surface area contributed by atoms with E-state index in [9.17, 15) is 9.59 Å². The summed E-state index contributed by atoms with van der Waals surface area (Å²) < 4.78 is 0. The number of carbonyl (C=O) groups excluding carboxylic acids is 2. The molecular formula is C25H29N3O2. The number of amides is 2. The van der Waals surface area contributed by atoms with Crippen LogP contribution in [0.15, 0.2) is 48.7 Å². The predicted octanol–water partition coefficient (Wildman–Crippen LogP) is 4.30. The van der Waals surface area contributed by atoms with Crippen LogP contribution < -0.4 is 0 Å². The van der Waals surface area contributed by atoms with Crippen LogP contribution in [0.5, 0.6) is 0 Å². The average molecular weight is 404 g/mol. The van der Waals surface area contributed by atoms with Crippen LogP contribution in [0.25, 0.3) is 10.9 Å². The highest BCUT2D eigenvalue weighted by Crippen LogP contribution is 2.23. The van der Waals surface area contributed by atoms with Crippen molar-refractivity contribution in [3.8, 4) is 0 Å². The third-order valence-electron chi connectivity index (χ3n) is 6.00. The SMILES string of the molecule is Cc1cc(C)cc(C(=O)N2CCCC(C(=O)N(C)Cc3cccc4[nH]ccc34)C2)c1. The summed E-state index contributed by atoms with van der Waals surface area (Å²) in [7, 11) is 1.86. The summed E-state index contributed by atoms with van der Waals surface area (Å²) >= 11 is 0. The van der Waals surface area contributed by atoms with Gasteiger partial charge in [-0.15, -0.1) is 0 Å². The number of rotatable bonds is 4. The number of aryl methyl sites for hydroxylation is 2. The highest BCUT2D eigenvalue weighted by atomic mass is 16.2. The minimum absolute atomic E-state index is 0.0269. The van der Waals surface area contributed by atoms with Crippen LogP contribution in [-0.2, 0) is 11.3 Å². The maximum absolute atomic E-state index is 13.2. The lowest BCUT2D eigenvalue weighted by Crippen LogP contribution is -2.45. The van der Waals surface area contributed by atoms with Crippen LogP contribution in [0.4, 0.5) is 0 Å². The number of hydrogen-bond donors (Lipinski definition) is 1. The number of piperidine rings is 1. The van der Waals surface area contributed by atoms with Crippen LogP contribution in [0.1, 0.15) is 39.9 Å². The standard InChI is InChI=1S/C25H29N3O2/c1-17-12-18(2)14-21(13-17)25(30)28-11-5-7-20(16-28)24(29)27(3)15-19-6-4-8-23-22(19)9-10-26-23/h4,6,8-10,12-14,20,26H,5,7,11,15-16H2,1-3H3. The number of fused-ring (bicyclic) bond motifs is 1. The van der Waals surface area contributed by atoms with E-state index >= 15 is 0 Å². The first-order valence-corrected chi connectivity index (χ1v) is 10.6. The Hall–Kier alpha value is -3.08. The molecule has 156 valence electrons. The molecule has 1 unspecified atom stereocenters. The molecule has 0 bridgehead atoms. The second kappa shape index (κ2) is 8.34. The lowest BCUT2D eigenvalue weighted by Gasteiger charge is -2.34.